The van der Waals surface area contributed by atoms with E-state index in [1.54, 1.807) is 35.6 Å². The zero-order valence-corrected chi connectivity index (χ0v) is 13.5. The number of carbonyl (C=O) groups is 1. The molecular weight excluding hydrogens is 330 g/mol. The second kappa shape index (κ2) is 7.36. The van der Waals surface area contributed by atoms with Crippen molar-refractivity contribution in [2.24, 2.45) is 0 Å². The number of Topliss-reactive ketones (excluding diaryl/α,β-unsaturated/α-hetero) is 1. The van der Waals surface area contributed by atoms with Gasteiger partial charge in [0.25, 0.3) is 0 Å². The van der Waals surface area contributed by atoms with Crippen LogP contribution in [0, 0.1) is 11.6 Å². The highest BCUT2D eigenvalue weighted by Gasteiger charge is 2.09. The molecule has 0 fully saturated rings. The molecule has 0 unspecified atom stereocenters. The maximum absolute atomic E-state index is 13.5. The molecule has 0 aliphatic heterocycles. The van der Waals surface area contributed by atoms with Crippen molar-refractivity contribution >= 4 is 17.1 Å². The van der Waals surface area contributed by atoms with E-state index in [4.69, 9.17) is 4.74 Å². The van der Waals surface area contributed by atoms with Gasteiger partial charge in [-0.15, -0.1) is 11.3 Å². The standard InChI is InChI=1S/C19H14F2O2S/c20-15-7-8-17(21)19(10-15)23-12-13-3-5-14(6-4-13)18(22)11-16-2-1-9-24-16/h1-10H,11-12H2. The predicted molar refractivity (Wildman–Crippen MR) is 89.5 cm³/mol. The Morgan fingerprint density at radius 2 is 1.83 bits per heavy atom. The topological polar surface area (TPSA) is 26.3 Å². The van der Waals surface area contributed by atoms with Gasteiger partial charge in [0.15, 0.2) is 17.3 Å². The first-order valence-electron chi connectivity index (χ1n) is 7.34. The Bertz CT molecular complexity index is 827. The van der Waals surface area contributed by atoms with Gasteiger partial charge < -0.3 is 4.74 Å². The Hall–Kier alpha value is -2.53. The molecule has 0 radical (unpaired) electrons. The van der Waals surface area contributed by atoms with Gasteiger partial charge in [-0.1, -0.05) is 30.3 Å². The predicted octanol–water partition coefficient (Wildman–Crippen LogP) is 5.03. The van der Waals surface area contributed by atoms with E-state index < -0.39 is 11.6 Å². The van der Waals surface area contributed by atoms with Crippen LogP contribution in [-0.4, -0.2) is 5.78 Å². The van der Waals surface area contributed by atoms with Crippen LogP contribution in [0.2, 0.25) is 0 Å². The Balaban J connectivity index is 1.62. The second-order valence-corrected chi connectivity index (χ2v) is 6.27. The molecule has 0 spiro atoms. The third kappa shape index (κ3) is 4.06. The molecule has 0 saturated heterocycles. The summed E-state index contributed by atoms with van der Waals surface area (Å²) in [7, 11) is 0. The lowest BCUT2D eigenvalue weighted by Crippen LogP contribution is -2.03. The van der Waals surface area contributed by atoms with Gasteiger partial charge in [0.05, 0.1) is 0 Å². The zero-order chi connectivity index (χ0) is 16.9. The number of thiophene rings is 1. The van der Waals surface area contributed by atoms with Gasteiger partial charge >= 0.3 is 0 Å². The summed E-state index contributed by atoms with van der Waals surface area (Å²) in [5, 5.41) is 1.94. The first-order chi connectivity index (χ1) is 11.6. The molecule has 122 valence electrons. The molecule has 0 N–H and O–H groups in total. The van der Waals surface area contributed by atoms with Gasteiger partial charge in [-0.2, -0.15) is 0 Å². The molecule has 0 aliphatic rings. The highest BCUT2D eigenvalue weighted by Crippen LogP contribution is 2.20. The van der Waals surface area contributed by atoms with Crippen LogP contribution in [0.1, 0.15) is 20.8 Å². The van der Waals surface area contributed by atoms with Gasteiger partial charge in [-0.25, -0.2) is 8.78 Å². The molecule has 24 heavy (non-hydrogen) atoms. The van der Waals surface area contributed by atoms with E-state index in [2.05, 4.69) is 0 Å². The molecule has 0 saturated carbocycles. The monoisotopic (exact) mass is 344 g/mol. The third-order valence-electron chi connectivity index (χ3n) is 3.48. The summed E-state index contributed by atoms with van der Waals surface area (Å²) in [5.41, 5.74) is 1.38. The second-order valence-electron chi connectivity index (χ2n) is 5.24. The number of benzene rings is 2. The number of carbonyl (C=O) groups excluding carboxylic acids is 1. The fraction of sp³-hybridized carbons (Fsp3) is 0.105. The minimum absolute atomic E-state index is 0.0427. The smallest absolute Gasteiger partial charge is 0.168 e. The number of halogens is 2. The van der Waals surface area contributed by atoms with Crippen molar-refractivity contribution in [1.29, 1.82) is 0 Å². The molecule has 0 aliphatic carbocycles. The van der Waals surface area contributed by atoms with Crippen LogP contribution < -0.4 is 4.74 Å². The highest BCUT2D eigenvalue weighted by atomic mass is 32.1. The van der Waals surface area contributed by atoms with E-state index in [0.717, 1.165) is 28.6 Å². The van der Waals surface area contributed by atoms with E-state index in [9.17, 15) is 13.6 Å². The Labute approximate surface area is 142 Å². The summed E-state index contributed by atoms with van der Waals surface area (Å²) in [5.74, 6) is -1.26. The summed E-state index contributed by atoms with van der Waals surface area (Å²) in [6.45, 7) is 0.0970. The van der Waals surface area contributed by atoms with E-state index in [1.165, 1.54) is 0 Å². The van der Waals surface area contributed by atoms with E-state index in [0.29, 0.717) is 12.0 Å². The van der Waals surface area contributed by atoms with Crippen molar-refractivity contribution in [2.75, 3.05) is 0 Å². The molecular formula is C19H14F2O2S. The van der Waals surface area contributed by atoms with Crippen LogP contribution in [0.3, 0.4) is 0 Å². The quantitative estimate of drug-likeness (QED) is 0.586. The minimum atomic E-state index is -0.612. The Morgan fingerprint density at radius 3 is 2.54 bits per heavy atom. The van der Waals surface area contributed by atoms with Crippen molar-refractivity contribution in [3.8, 4) is 5.75 Å². The lowest BCUT2D eigenvalue weighted by Gasteiger charge is -2.08. The third-order valence-corrected chi connectivity index (χ3v) is 4.35. The van der Waals surface area contributed by atoms with Crippen LogP contribution in [0.25, 0.3) is 0 Å². The Kier molecular flexibility index (Phi) is 5.01. The minimum Gasteiger partial charge on any atom is -0.486 e. The molecule has 5 heteroatoms. The summed E-state index contributed by atoms with van der Waals surface area (Å²) < 4.78 is 31.9. The van der Waals surface area contributed by atoms with Gasteiger partial charge in [0.1, 0.15) is 12.4 Å². The molecule has 3 aromatic rings. The van der Waals surface area contributed by atoms with Gasteiger partial charge in [-0.3, -0.25) is 4.79 Å². The molecule has 2 aromatic carbocycles. The number of ether oxygens (including phenoxy) is 1. The average molecular weight is 344 g/mol. The normalized spacial score (nSPS) is 10.6. The van der Waals surface area contributed by atoms with Crippen LogP contribution >= 0.6 is 11.3 Å². The molecule has 0 amide bonds. The maximum Gasteiger partial charge on any atom is 0.168 e. The summed E-state index contributed by atoms with van der Waals surface area (Å²) in [6.07, 6.45) is 0.377. The molecule has 0 bridgehead atoms. The molecule has 1 heterocycles. The first kappa shape index (κ1) is 16.3. The fourth-order valence-corrected chi connectivity index (χ4v) is 2.91. The van der Waals surface area contributed by atoms with Crippen molar-refractivity contribution in [1.82, 2.24) is 0 Å². The molecule has 1 aromatic heterocycles. The van der Waals surface area contributed by atoms with Crippen molar-refractivity contribution in [3.05, 3.63) is 87.6 Å². The number of ketones is 1. The molecule has 0 atom stereocenters. The summed E-state index contributed by atoms with van der Waals surface area (Å²) in [6, 6.07) is 13.9. The van der Waals surface area contributed by atoms with Crippen LogP contribution in [0.15, 0.2) is 60.0 Å². The summed E-state index contributed by atoms with van der Waals surface area (Å²) in [4.78, 5) is 13.2. The van der Waals surface area contributed by atoms with Crippen LogP contribution in [0.5, 0.6) is 5.75 Å². The number of hydrogen-bond acceptors (Lipinski definition) is 3. The largest absolute Gasteiger partial charge is 0.486 e. The maximum atomic E-state index is 13.5. The summed E-state index contributed by atoms with van der Waals surface area (Å²) >= 11 is 1.55. The SMILES string of the molecule is O=C(Cc1cccs1)c1ccc(COc2cc(F)ccc2F)cc1. The lowest BCUT2D eigenvalue weighted by atomic mass is 10.1. The van der Waals surface area contributed by atoms with Gasteiger partial charge in [0.2, 0.25) is 0 Å². The van der Waals surface area contributed by atoms with Crippen LogP contribution in [0.4, 0.5) is 8.78 Å². The van der Waals surface area contributed by atoms with Gasteiger partial charge in [-0.05, 0) is 29.1 Å². The van der Waals surface area contributed by atoms with Crippen LogP contribution in [-0.2, 0) is 13.0 Å². The van der Waals surface area contributed by atoms with Crippen molar-refractivity contribution < 1.29 is 18.3 Å². The van der Waals surface area contributed by atoms with Crippen molar-refractivity contribution in [2.45, 2.75) is 13.0 Å². The van der Waals surface area contributed by atoms with E-state index >= 15 is 0 Å². The highest BCUT2D eigenvalue weighted by molar-refractivity contribution is 7.10. The Morgan fingerprint density at radius 1 is 1.04 bits per heavy atom. The average Bonchev–Trinajstić information content (AvgIpc) is 3.09. The lowest BCUT2D eigenvalue weighted by molar-refractivity contribution is 0.0994. The molecule has 2 nitrogen and oxygen atoms in total. The van der Waals surface area contributed by atoms with E-state index in [-0.39, 0.29) is 18.1 Å². The van der Waals surface area contributed by atoms with E-state index in [1.807, 2.05) is 17.5 Å². The van der Waals surface area contributed by atoms with Gasteiger partial charge in [0, 0.05) is 22.9 Å². The number of rotatable bonds is 6. The molecule has 3 rings (SSSR count). The first-order valence-corrected chi connectivity index (χ1v) is 8.22. The fourth-order valence-electron chi connectivity index (χ4n) is 2.21. The zero-order valence-electron chi connectivity index (χ0n) is 12.7. The number of hydrogen-bond donors (Lipinski definition) is 0. The van der Waals surface area contributed by atoms with Crippen molar-refractivity contribution in [3.63, 3.8) is 0 Å².